The molecule has 5 heteroatoms. The van der Waals surface area contributed by atoms with Crippen molar-refractivity contribution in [3.8, 4) is 0 Å². The van der Waals surface area contributed by atoms with Gasteiger partial charge < -0.3 is 5.32 Å². The Balaban J connectivity index is 0.000000853. The molecule has 1 nitrogen and oxygen atoms in total. The molecule has 0 aromatic carbocycles. The lowest BCUT2D eigenvalue weighted by Crippen LogP contribution is -2.31. The summed E-state index contributed by atoms with van der Waals surface area (Å²) in [5.41, 5.74) is 0.0251. The molecule has 0 spiro atoms. The highest BCUT2D eigenvalue weighted by Gasteiger charge is 2.80. The fourth-order valence-corrected chi connectivity index (χ4v) is 3.50. The normalized spacial score (nSPS) is 36.5. The lowest BCUT2D eigenvalue weighted by Gasteiger charge is -2.19. The fourth-order valence-electron chi connectivity index (χ4n) is 2.76. The Labute approximate surface area is 97.3 Å². The lowest BCUT2D eigenvalue weighted by atomic mass is 9.89. The highest BCUT2D eigenvalue weighted by atomic mass is 35.5. The number of nitrogens with one attached hydrogen (secondary N) is 1. The van der Waals surface area contributed by atoms with Crippen LogP contribution in [0.4, 0.5) is 8.78 Å². The minimum absolute atomic E-state index is 0. The summed E-state index contributed by atoms with van der Waals surface area (Å²) in [6.07, 6.45) is 0.571. The van der Waals surface area contributed by atoms with Crippen LogP contribution in [0.15, 0.2) is 16.8 Å². The molecule has 1 aliphatic carbocycles. The molecule has 1 saturated carbocycles. The first-order chi connectivity index (χ1) is 6.69. The van der Waals surface area contributed by atoms with Crippen LogP contribution in [0.3, 0.4) is 0 Å². The molecule has 2 heterocycles. The molecule has 2 fully saturated rings. The maximum absolute atomic E-state index is 13.7. The molecule has 0 bridgehead atoms. The standard InChI is InChI=1S/C10H11F2NS.ClH/c11-10(12)8-5-13-3-2-9(8,10)7-1-4-14-6-7;/h1,4,6,8,13H,2-3,5H2;1H. The first-order valence-corrected chi connectivity index (χ1v) is 5.75. The summed E-state index contributed by atoms with van der Waals surface area (Å²) < 4.78 is 27.4. The largest absolute Gasteiger partial charge is 0.316 e. The highest BCUT2D eigenvalue weighted by molar-refractivity contribution is 7.08. The van der Waals surface area contributed by atoms with E-state index in [1.54, 1.807) is 0 Å². The molecule has 0 amide bonds. The molecule has 2 aliphatic rings. The van der Waals surface area contributed by atoms with Gasteiger partial charge in [0.05, 0.1) is 11.3 Å². The summed E-state index contributed by atoms with van der Waals surface area (Å²) in [7, 11) is 0. The summed E-state index contributed by atoms with van der Waals surface area (Å²) in [5.74, 6) is -2.96. The summed E-state index contributed by atoms with van der Waals surface area (Å²) >= 11 is 1.51. The van der Waals surface area contributed by atoms with E-state index in [-0.39, 0.29) is 12.4 Å². The van der Waals surface area contributed by atoms with Crippen LogP contribution in [0.1, 0.15) is 12.0 Å². The average Bonchev–Trinajstić information content (AvgIpc) is 2.62. The number of thiophene rings is 1. The van der Waals surface area contributed by atoms with E-state index in [1.165, 1.54) is 11.3 Å². The van der Waals surface area contributed by atoms with E-state index in [0.717, 1.165) is 5.56 Å². The van der Waals surface area contributed by atoms with Crippen LogP contribution in [0.5, 0.6) is 0 Å². The predicted octanol–water partition coefficient (Wildman–Crippen LogP) is 2.67. The van der Waals surface area contributed by atoms with Crippen molar-refractivity contribution >= 4 is 23.7 Å². The van der Waals surface area contributed by atoms with Gasteiger partial charge in [0.2, 0.25) is 0 Å². The molecule has 3 rings (SSSR count). The van der Waals surface area contributed by atoms with Crippen molar-refractivity contribution in [3.05, 3.63) is 22.4 Å². The van der Waals surface area contributed by atoms with Crippen LogP contribution in [-0.2, 0) is 5.41 Å². The van der Waals surface area contributed by atoms with Crippen LogP contribution in [0.25, 0.3) is 0 Å². The number of halogens is 3. The van der Waals surface area contributed by atoms with E-state index in [9.17, 15) is 8.78 Å². The van der Waals surface area contributed by atoms with E-state index < -0.39 is 17.3 Å². The monoisotopic (exact) mass is 251 g/mol. The second-order valence-electron chi connectivity index (χ2n) is 4.11. The first kappa shape index (κ1) is 11.3. The van der Waals surface area contributed by atoms with E-state index in [4.69, 9.17) is 0 Å². The molecule has 1 aromatic rings. The second-order valence-corrected chi connectivity index (χ2v) is 4.89. The summed E-state index contributed by atoms with van der Waals surface area (Å²) in [6, 6.07) is 1.85. The smallest absolute Gasteiger partial charge is 0.263 e. The van der Waals surface area contributed by atoms with Crippen LogP contribution in [0, 0.1) is 5.92 Å². The molecule has 1 aromatic heterocycles. The van der Waals surface area contributed by atoms with Gasteiger partial charge in [-0.2, -0.15) is 11.3 Å². The molecular weight excluding hydrogens is 240 g/mol. The Morgan fingerprint density at radius 2 is 2.27 bits per heavy atom. The zero-order valence-electron chi connectivity index (χ0n) is 8.00. The number of hydrogen-bond donors (Lipinski definition) is 1. The average molecular weight is 252 g/mol. The first-order valence-electron chi connectivity index (χ1n) is 4.81. The Morgan fingerprint density at radius 3 is 2.87 bits per heavy atom. The zero-order valence-corrected chi connectivity index (χ0v) is 9.64. The van der Waals surface area contributed by atoms with Crippen molar-refractivity contribution in [2.24, 2.45) is 5.92 Å². The van der Waals surface area contributed by atoms with Crippen LogP contribution < -0.4 is 5.32 Å². The zero-order chi connectivity index (χ0) is 9.81. The molecule has 1 aliphatic heterocycles. The van der Waals surface area contributed by atoms with Gasteiger partial charge in [0.25, 0.3) is 5.92 Å². The van der Waals surface area contributed by atoms with Gasteiger partial charge in [-0.05, 0) is 35.4 Å². The molecule has 0 radical (unpaired) electrons. The van der Waals surface area contributed by atoms with E-state index in [2.05, 4.69) is 5.32 Å². The third-order valence-electron chi connectivity index (χ3n) is 3.62. The topological polar surface area (TPSA) is 12.0 Å². The Kier molecular flexibility index (Phi) is 2.56. The summed E-state index contributed by atoms with van der Waals surface area (Å²) in [4.78, 5) is 0. The van der Waals surface area contributed by atoms with Crippen molar-refractivity contribution in [1.82, 2.24) is 5.32 Å². The van der Waals surface area contributed by atoms with Crippen molar-refractivity contribution < 1.29 is 8.78 Å². The number of piperidine rings is 1. The Hall–Kier alpha value is -0.190. The van der Waals surface area contributed by atoms with Crippen LogP contribution >= 0.6 is 23.7 Å². The maximum atomic E-state index is 13.7. The van der Waals surface area contributed by atoms with E-state index >= 15 is 0 Å². The van der Waals surface area contributed by atoms with E-state index in [1.807, 2.05) is 16.8 Å². The van der Waals surface area contributed by atoms with Crippen molar-refractivity contribution in [3.63, 3.8) is 0 Å². The number of fused-ring (bicyclic) bond motifs is 1. The minimum Gasteiger partial charge on any atom is -0.316 e. The van der Waals surface area contributed by atoms with Gasteiger partial charge in [-0.15, -0.1) is 12.4 Å². The Morgan fingerprint density at radius 1 is 1.47 bits per heavy atom. The van der Waals surface area contributed by atoms with Gasteiger partial charge in [-0.3, -0.25) is 0 Å². The number of hydrogen-bond acceptors (Lipinski definition) is 2. The molecule has 2 unspecified atom stereocenters. The van der Waals surface area contributed by atoms with Crippen LogP contribution in [0.2, 0.25) is 0 Å². The van der Waals surface area contributed by atoms with Crippen molar-refractivity contribution in [2.45, 2.75) is 17.8 Å². The van der Waals surface area contributed by atoms with Crippen molar-refractivity contribution in [1.29, 1.82) is 0 Å². The summed E-state index contributed by atoms with van der Waals surface area (Å²) in [6.45, 7) is 1.17. The molecule has 1 N–H and O–H groups in total. The molecular formula is C10H12ClF2NS. The third kappa shape index (κ3) is 1.22. The second kappa shape index (κ2) is 3.40. The molecule has 1 saturated heterocycles. The molecule has 84 valence electrons. The fraction of sp³-hybridized carbons (Fsp3) is 0.600. The minimum atomic E-state index is -2.49. The van der Waals surface area contributed by atoms with Crippen LogP contribution in [-0.4, -0.2) is 19.0 Å². The third-order valence-corrected chi connectivity index (χ3v) is 4.31. The maximum Gasteiger partial charge on any atom is 0.263 e. The molecule has 15 heavy (non-hydrogen) atoms. The van der Waals surface area contributed by atoms with Crippen molar-refractivity contribution in [2.75, 3.05) is 13.1 Å². The van der Waals surface area contributed by atoms with E-state index in [0.29, 0.717) is 19.5 Å². The number of alkyl halides is 2. The lowest BCUT2D eigenvalue weighted by molar-refractivity contribution is 0.0782. The van der Waals surface area contributed by atoms with Gasteiger partial charge in [-0.25, -0.2) is 8.78 Å². The Bertz CT molecular complexity index is 354. The van der Waals surface area contributed by atoms with Gasteiger partial charge >= 0.3 is 0 Å². The van der Waals surface area contributed by atoms with Gasteiger partial charge in [0.15, 0.2) is 0 Å². The van der Waals surface area contributed by atoms with Gasteiger partial charge in [-0.1, -0.05) is 0 Å². The predicted molar refractivity (Wildman–Crippen MR) is 59.2 cm³/mol. The SMILES string of the molecule is Cl.FC1(F)C2CNCCC21c1ccsc1. The highest BCUT2D eigenvalue weighted by Crippen LogP contribution is 2.69. The van der Waals surface area contributed by atoms with Gasteiger partial charge in [0, 0.05) is 6.54 Å². The summed E-state index contributed by atoms with van der Waals surface area (Å²) in [5, 5.41) is 6.80. The molecule has 2 atom stereocenters. The number of rotatable bonds is 1. The quantitative estimate of drug-likeness (QED) is 0.809. The van der Waals surface area contributed by atoms with Gasteiger partial charge in [0.1, 0.15) is 0 Å².